The Morgan fingerprint density at radius 2 is 1.88 bits per heavy atom. The molecular formula is C17H17N5O2S. The van der Waals surface area contributed by atoms with Crippen molar-refractivity contribution in [2.75, 3.05) is 12.3 Å². The van der Waals surface area contributed by atoms with Gasteiger partial charge in [-0.2, -0.15) is 4.68 Å². The van der Waals surface area contributed by atoms with Crippen molar-refractivity contribution < 1.29 is 15.2 Å². The zero-order chi connectivity index (χ0) is 17.5. The summed E-state index contributed by atoms with van der Waals surface area (Å²) in [6, 6.07) is 16.5. The Labute approximate surface area is 149 Å². The predicted molar refractivity (Wildman–Crippen MR) is 91.1 cm³/mol. The van der Waals surface area contributed by atoms with Gasteiger partial charge in [0.1, 0.15) is 6.54 Å². The molecule has 0 unspecified atom stereocenters. The molecule has 2 aromatic carbocycles. The molecule has 0 bridgehead atoms. The summed E-state index contributed by atoms with van der Waals surface area (Å²) < 4.78 is 1.73. The first-order valence-corrected chi connectivity index (χ1v) is 8.81. The van der Waals surface area contributed by atoms with Crippen LogP contribution in [0.1, 0.15) is 15.9 Å². The van der Waals surface area contributed by atoms with Crippen LogP contribution in [0.25, 0.3) is 5.69 Å². The Morgan fingerprint density at radius 3 is 2.60 bits per heavy atom. The summed E-state index contributed by atoms with van der Waals surface area (Å²) in [6.07, 6.45) is 0. The molecule has 8 heteroatoms. The van der Waals surface area contributed by atoms with E-state index in [0.717, 1.165) is 35.2 Å². The Bertz CT molecular complexity index is 821. The Kier molecular flexibility index (Phi) is 5.76. The number of carbonyl (C=O) groups excluding carboxylic acids is 1. The second kappa shape index (κ2) is 8.41. The molecule has 2 N–H and O–H groups in total. The van der Waals surface area contributed by atoms with Crippen LogP contribution in [0, 0.1) is 0 Å². The highest BCUT2D eigenvalue weighted by Crippen LogP contribution is 2.16. The van der Waals surface area contributed by atoms with E-state index in [1.54, 1.807) is 28.6 Å². The van der Waals surface area contributed by atoms with Gasteiger partial charge in [0.25, 0.3) is 0 Å². The van der Waals surface area contributed by atoms with E-state index in [1.165, 1.54) is 0 Å². The summed E-state index contributed by atoms with van der Waals surface area (Å²) in [6.45, 7) is 1.69. The predicted octanol–water partition coefficient (Wildman–Crippen LogP) is -0.118. The molecule has 0 spiro atoms. The number of benzene rings is 2. The van der Waals surface area contributed by atoms with E-state index < -0.39 is 5.97 Å². The van der Waals surface area contributed by atoms with Crippen LogP contribution in [0.15, 0.2) is 59.8 Å². The molecular weight excluding hydrogens is 338 g/mol. The van der Waals surface area contributed by atoms with E-state index in [4.69, 9.17) is 0 Å². The highest BCUT2D eigenvalue weighted by atomic mass is 32.2. The van der Waals surface area contributed by atoms with Gasteiger partial charge in [0.05, 0.1) is 24.0 Å². The smallest absolute Gasteiger partial charge is 0.214 e. The van der Waals surface area contributed by atoms with Gasteiger partial charge in [0.15, 0.2) is 0 Å². The molecule has 0 saturated carbocycles. The number of para-hydroxylation sites is 1. The van der Waals surface area contributed by atoms with E-state index in [-0.39, 0.29) is 5.56 Å². The highest BCUT2D eigenvalue weighted by Gasteiger charge is 2.08. The van der Waals surface area contributed by atoms with Crippen LogP contribution in [0.4, 0.5) is 0 Å². The minimum Gasteiger partial charge on any atom is -0.545 e. The fourth-order valence-electron chi connectivity index (χ4n) is 2.28. The van der Waals surface area contributed by atoms with Gasteiger partial charge >= 0.3 is 0 Å². The van der Waals surface area contributed by atoms with Gasteiger partial charge in [0, 0.05) is 5.56 Å². The topological polar surface area (TPSA) is 100 Å². The monoisotopic (exact) mass is 355 g/mol. The largest absolute Gasteiger partial charge is 0.545 e. The molecule has 3 aromatic rings. The molecule has 1 heterocycles. The maximum absolute atomic E-state index is 10.7. The zero-order valence-electron chi connectivity index (χ0n) is 13.4. The third kappa shape index (κ3) is 4.65. The van der Waals surface area contributed by atoms with E-state index in [9.17, 15) is 9.90 Å². The lowest BCUT2D eigenvalue weighted by atomic mass is 10.1. The SMILES string of the molecule is O=C([O-])c1ccc(C[NH2+]CCSc2nnnn2-c2ccccc2)cc1. The highest BCUT2D eigenvalue weighted by molar-refractivity contribution is 7.99. The zero-order valence-corrected chi connectivity index (χ0v) is 14.2. The summed E-state index contributed by atoms with van der Waals surface area (Å²) in [5.74, 6) is -0.285. The third-order valence-electron chi connectivity index (χ3n) is 3.56. The molecule has 0 aliphatic carbocycles. The number of rotatable bonds is 8. The average molecular weight is 355 g/mol. The van der Waals surface area contributed by atoms with Gasteiger partial charge in [-0.1, -0.05) is 54.2 Å². The van der Waals surface area contributed by atoms with Gasteiger partial charge in [-0.25, -0.2) is 0 Å². The van der Waals surface area contributed by atoms with E-state index in [2.05, 4.69) is 20.8 Å². The van der Waals surface area contributed by atoms with Crippen LogP contribution in [0.5, 0.6) is 0 Å². The Balaban J connectivity index is 1.45. The standard InChI is InChI=1S/C17H17N5O2S/c23-16(24)14-8-6-13(7-9-14)12-18-10-11-25-17-19-20-21-22(17)15-4-2-1-3-5-15/h1-9,18H,10-12H2,(H,23,24). The number of tetrazole rings is 1. The molecule has 1 aromatic heterocycles. The number of carboxylic acids is 1. The summed E-state index contributed by atoms with van der Waals surface area (Å²) in [5.41, 5.74) is 2.21. The molecule has 128 valence electrons. The minimum absolute atomic E-state index is 0.201. The first-order valence-electron chi connectivity index (χ1n) is 7.82. The normalized spacial score (nSPS) is 10.7. The van der Waals surface area contributed by atoms with Crippen LogP contribution in [-0.4, -0.2) is 38.5 Å². The molecule has 0 radical (unpaired) electrons. The van der Waals surface area contributed by atoms with Crippen LogP contribution >= 0.6 is 11.8 Å². The minimum atomic E-state index is -1.15. The quantitative estimate of drug-likeness (QED) is 0.447. The van der Waals surface area contributed by atoms with Crippen molar-refractivity contribution in [1.29, 1.82) is 0 Å². The van der Waals surface area contributed by atoms with E-state index >= 15 is 0 Å². The van der Waals surface area contributed by atoms with Crippen LogP contribution in [0.2, 0.25) is 0 Å². The number of nitrogens with two attached hydrogens (primary N) is 1. The Hall–Kier alpha value is -2.71. The number of nitrogens with zero attached hydrogens (tertiary/aromatic N) is 4. The fourth-order valence-corrected chi connectivity index (χ4v) is 3.10. The number of thioether (sulfide) groups is 1. The molecule has 0 fully saturated rings. The second-order valence-electron chi connectivity index (χ2n) is 5.32. The molecule has 7 nitrogen and oxygen atoms in total. The lowest BCUT2D eigenvalue weighted by Crippen LogP contribution is -2.83. The van der Waals surface area contributed by atoms with Crippen molar-refractivity contribution in [3.63, 3.8) is 0 Å². The molecule has 3 rings (SSSR count). The second-order valence-corrected chi connectivity index (χ2v) is 6.39. The summed E-state index contributed by atoms with van der Waals surface area (Å²) in [4.78, 5) is 10.7. The van der Waals surface area contributed by atoms with Gasteiger partial charge < -0.3 is 15.2 Å². The van der Waals surface area contributed by atoms with Crippen molar-refractivity contribution in [1.82, 2.24) is 20.2 Å². The van der Waals surface area contributed by atoms with E-state index in [0.29, 0.717) is 0 Å². The number of quaternary nitrogens is 1. The summed E-state index contributed by atoms with van der Waals surface area (Å²) in [7, 11) is 0. The molecule has 0 saturated heterocycles. The molecule has 25 heavy (non-hydrogen) atoms. The van der Waals surface area contributed by atoms with Gasteiger partial charge in [0.2, 0.25) is 5.16 Å². The van der Waals surface area contributed by atoms with Gasteiger partial charge in [-0.05, 0) is 28.1 Å². The number of hydrogen-bond acceptors (Lipinski definition) is 6. The first-order chi connectivity index (χ1) is 12.2. The van der Waals surface area contributed by atoms with Crippen molar-refractivity contribution >= 4 is 17.7 Å². The molecule has 0 atom stereocenters. The van der Waals surface area contributed by atoms with Gasteiger partial charge in [-0.3, -0.25) is 0 Å². The van der Waals surface area contributed by atoms with Crippen molar-refractivity contribution in [3.05, 3.63) is 65.7 Å². The fraction of sp³-hybridized carbons (Fsp3) is 0.176. The van der Waals surface area contributed by atoms with Crippen LogP contribution in [-0.2, 0) is 6.54 Å². The summed E-state index contributed by atoms with van der Waals surface area (Å²) in [5, 5.41) is 25.5. The maximum atomic E-state index is 10.7. The Morgan fingerprint density at radius 1 is 1.12 bits per heavy atom. The number of carboxylic acid groups (broad SMARTS) is 1. The van der Waals surface area contributed by atoms with Crippen molar-refractivity contribution in [2.24, 2.45) is 0 Å². The summed E-state index contributed by atoms with van der Waals surface area (Å²) >= 11 is 1.60. The maximum Gasteiger partial charge on any atom is 0.214 e. The van der Waals surface area contributed by atoms with Crippen molar-refractivity contribution in [3.8, 4) is 5.69 Å². The van der Waals surface area contributed by atoms with Gasteiger partial charge in [-0.15, -0.1) is 5.10 Å². The number of aromatic nitrogens is 4. The lowest BCUT2D eigenvalue weighted by molar-refractivity contribution is -0.666. The molecule has 0 aliphatic rings. The van der Waals surface area contributed by atoms with Crippen molar-refractivity contribution in [2.45, 2.75) is 11.7 Å². The first kappa shape index (κ1) is 17.1. The average Bonchev–Trinajstić information content (AvgIpc) is 3.11. The number of hydrogen-bond donors (Lipinski definition) is 1. The molecule has 0 aliphatic heterocycles. The van der Waals surface area contributed by atoms with Crippen LogP contribution in [0.3, 0.4) is 0 Å². The number of carbonyl (C=O) groups is 1. The van der Waals surface area contributed by atoms with E-state index in [1.807, 2.05) is 42.5 Å². The lowest BCUT2D eigenvalue weighted by Gasteiger charge is -2.05. The van der Waals surface area contributed by atoms with Crippen LogP contribution < -0.4 is 10.4 Å². The molecule has 0 amide bonds. The third-order valence-corrected chi connectivity index (χ3v) is 4.52. The number of aromatic carboxylic acids is 1.